The standard InChI is InChI=1S/C12H11Cl2N2O6P/c13-5-1-7-8(2-6(5)14)16(4-15-7)12-10(17)11-9(21-12)3-20-23(18,19)22-11/h1-2,4,9-12,17H,3H2,(H,18,19)/t9-,10-,11-,12-/m1/s1. The van der Waals surface area contributed by atoms with Crippen molar-refractivity contribution in [1.82, 2.24) is 9.55 Å². The summed E-state index contributed by atoms with van der Waals surface area (Å²) >= 11 is 12.0. The molecule has 0 radical (unpaired) electrons. The fourth-order valence-electron chi connectivity index (χ4n) is 2.79. The molecule has 5 atom stereocenters. The summed E-state index contributed by atoms with van der Waals surface area (Å²) in [7, 11) is -4.16. The first-order chi connectivity index (χ1) is 10.9. The molecule has 2 saturated heterocycles. The van der Waals surface area contributed by atoms with Gasteiger partial charge in [-0.2, -0.15) is 0 Å². The second kappa shape index (κ2) is 5.40. The molecular weight excluding hydrogens is 370 g/mol. The fourth-order valence-corrected chi connectivity index (χ4v) is 4.07. The van der Waals surface area contributed by atoms with Gasteiger partial charge in [-0.25, -0.2) is 9.55 Å². The lowest BCUT2D eigenvalue weighted by atomic mass is 10.1. The average molecular weight is 381 g/mol. The number of phosphoric acid groups is 1. The van der Waals surface area contributed by atoms with Gasteiger partial charge in [0.25, 0.3) is 0 Å². The van der Waals surface area contributed by atoms with Gasteiger partial charge in [-0.3, -0.25) is 9.05 Å². The summed E-state index contributed by atoms with van der Waals surface area (Å²) in [5, 5.41) is 11.1. The Labute approximate surface area is 140 Å². The second-order valence-corrected chi connectivity index (χ2v) is 7.52. The largest absolute Gasteiger partial charge is 0.472 e. The number of imidazole rings is 1. The molecule has 23 heavy (non-hydrogen) atoms. The van der Waals surface area contributed by atoms with Crippen LogP contribution in [0, 0.1) is 0 Å². The van der Waals surface area contributed by atoms with Crippen molar-refractivity contribution in [2.45, 2.75) is 24.5 Å². The van der Waals surface area contributed by atoms with Gasteiger partial charge in [-0.05, 0) is 12.1 Å². The Hall–Kier alpha value is -0.700. The Kier molecular flexibility index (Phi) is 3.71. The fraction of sp³-hybridized carbons (Fsp3) is 0.417. The number of phosphoric ester groups is 1. The Balaban J connectivity index is 1.72. The number of fused-ring (bicyclic) bond motifs is 2. The van der Waals surface area contributed by atoms with Gasteiger partial charge >= 0.3 is 7.82 Å². The van der Waals surface area contributed by atoms with Crippen molar-refractivity contribution < 1.29 is 28.3 Å². The number of aliphatic hydroxyl groups excluding tert-OH is 1. The molecule has 124 valence electrons. The lowest BCUT2D eigenvalue weighted by Crippen LogP contribution is -2.39. The minimum Gasteiger partial charge on any atom is -0.386 e. The number of ether oxygens (including phenoxy) is 1. The van der Waals surface area contributed by atoms with Crippen molar-refractivity contribution in [3.63, 3.8) is 0 Å². The number of hydrogen-bond donors (Lipinski definition) is 2. The van der Waals surface area contributed by atoms with Gasteiger partial charge in [0.1, 0.15) is 18.3 Å². The quantitative estimate of drug-likeness (QED) is 0.730. The third kappa shape index (κ3) is 2.59. The molecule has 1 unspecified atom stereocenters. The van der Waals surface area contributed by atoms with Crippen molar-refractivity contribution in [3.8, 4) is 0 Å². The zero-order chi connectivity index (χ0) is 16.4. The maximum absolute atomic E-state index is 11.5. The highest BCUT2D eigenvalue weighted by Gasteiger charge is 2.52. The van der Waals surface area contributed by atoms with Crippen LogP contribution in [0.3, 0.4) is 0 Å². The molecule has 2 N–H and O–H groups in total. The second-order valence-electron chi connectivity index (χ2n) is 5.30. The van der Waals surface area contributed by atoms with Crippen LogP contribution in [-0.4, -0.2) is 44.5 Å². The van der Waals surface area contributed by atoms with Gasteiger partial charge in [0.15, 0.2) is 6.23 Å². The molecule has 11 heteroatoms. The first-order valence-electron chi connectivity index (χ1n) is 6.66. The van der Waals surface area contributed by atoms with Crippen LogP contribution in [0.2, 0.25) is 10.0 Å². The number of nitrogens with zero attached hydrogens (tertiary/aromatic N) is 2. The van der Waals surface area contributed by atoms with Crippen molar-refractivity contribution >= 4 is 42.1 Å². The van der Waals surface area contributed by atoms with Gasteiger partial charge in [0.05, 0.1) is 34.0 Å². The third-order valence-corrected chi connectivity index (χ3v) is 5.56. The van der Waals surface area contributed by atoms with Gasteiger partial charge in [0, 0.05) is 0 Å². The van der Waals surface area contributed by atoms with Crippen LogP contribution in [0.4, 0.5) is 0 Å². The van der Waals surface area contributed by atoms with Crippen molar-refractivity contribution in [2.24, 2.45) is 0 Å². The number of aromatic nitrogens is 2. The Bertz CT molecular complexity index is 829. The Morgan fingerprint density at radius 2 is 2.09 bits per heavy atom. The summed E-state index contributed by atoms with van der Waals surface area (Å²) in [4.78, 5) is 13.6. The Morgan fingerprint density at radius 3 is 2.87 bits per heavy atom. The SMILES string of the molecule is O=P1(O)OC[C@H]2O[C@@H](n3cnc4cc(Cl)c(Cl)cc43)[C@H](O)[C@@H]2O1. The summed E-state index contributed by atoms with van der Waals surface area (Å²) in [6.07, 6.45) is -2.18. The van der Waals surface area contributed by atoms with Crippen LogP contribution < -0.4 is 0 Å². The molecule has 2 aliphatic heterocycles. The molecule has 0 spiro atoms. The predicted molar refractivity (Wildman–Crippen MR) is 80.3 cm³/mol. The molecule has 1 aromatic carbocycles. The van der Waals surface area contributed by atoms with E-state index in [1.165, 1.54) is 6.33 Å². The highest BCUT2D eigenvalue weighted by atomic mass is 35.5. The highest BCUT2D eigenvalue weighted by molar-refractivity contribution is 7.47. The minimum atomic E-state index is -4.16. The van der Waals surface area contributed by atoms with Crippen LogP contribution in [0.15, 0.2) is 18.5 Å². The van der Waals surface area contributed by atoms with Crippen LogP contribution >= 0.6 is 31.0 Å². The molecule has 0 saturated carbocycles. The summed E-state index contributed by atoms with van der Waals surface area (Å²) < 4.78 is 28.4. The van der Waals surface area contributed by atoms with Crippen LogP contribution in [0.1, 0.15) is 6.23 Å². The number of hydrogen-bond acceptors (Lipinski definition) is 6. The highest BCUT2D eigenvalue weighted by Crippen LogP contribution is 2.52. The molecule has 2 aromatic rings. The molecule has 0 bridgehead atoms. The summed E-state index contributed by atoms with van der Waals surface area (Å²) in [6.45, 7) is -0.148. The number of aliphatic hydroxyl groups is 1. The average Bonchev–Trinajstić information content (AvgIpc) is 3.01. The third-order valence-electron chi connectivity index (χ3n) is 3.86. The molecule has 2 fully saturated rings. The van der Waals surface area contributed by atoms with E-state index in [0.29, 0.717) is 21.1 Å². The van der Waals surface area contributed by atoms with E-state index in [1.807, 2.05) is 0 Å². The van der Waals surface area contributed by atoms with E-state index in [2.05, 4.69) is 4.98 Å². The first kappa shape index (κ1) is 15.8. The molecule has 3 heterocycles. The molecule has 4 rings (SSSR count). The van der Waals surface area contributed by atoms with Gasteiger partial charge in [0.2, 0.25) is 0 Å². The zero-order valence-electron chi connectivity index (χ0n) is 11.4. The van der Waals surface area contributed by atoms with Crippen LogP contribution in [-0.2, 0) is 18.3 Å². The number of benzene rings is 1. The van der Waals surface area contributed by atoms with E-state index in [4.69, 9.17) is 37.0 Å². The number of rotatable bonds is 1. The maximum atomic E-state index is 11.5. The maximum Gasteiger partial charge on any atom is 0.472 e. The van der Waals surface area contributed by atoms with E-state index in [-0.39, 0.29) is 6.61 Å². The summed E-state index contributed by atoms with van der Waals surface area (Å²) in [6, 6.07) is 3.21. The van der Waals surface area contributed by atoms with E-state index in [0.717, 1.165) is 0 Å². The predicted octanol–water partition coefficient (Wildman–Crippen LogP) is 2.12. The Morgan fingerprint density at radius 1 is 1.35 bits per heavy atom. The summed E-state index contributed by atoms with van der Waals surface area (Å²) in [5.41, 5.74) is 1.19. The van der Waals surface area contributed by atoms with E-state index < -0.39 is 32.4 Å². The number of halogens is 2. The van der Waals surface area contributed by atoms with Crippen molar-refractivity contribution in [3.05, 3.63) is 28.5 Å². The van der Waals surface area contributed by atoms with Crippen molar-refractivity contribution in [1.29, 1.82) is 0 Å². The van der Waals surface area contributed by atoms with Crippen molar-refractivity contribution in [2.75, 3.05) is 6.61 Å². The van der Waals surface area contributed by atoms with Gasteiger partial charge in [-0.1, -0.05) is 23.2 Å². The normalized spacial score (nSPS) is 37.2. The lowest BCUT2D eigenvalue weighted by Gasteiger charge is -2.27. The van der Waals surface area contributed by atoms with E-state index >= 15 is 0 Å². The zero-order valence-corrected chi connectivity index (χ0v) is 13.8. The monoisotopic (exact) mass is 380 g/mol. The van der Waals surface area contributed by atoms with Gasteiger partial charge < -0.3 is 19.3 Å². The lowest BCUT2D eigenvalue weighted by molar-refractivity contribution is -0.0663. The first-order valence-corrected chi connectivity index (χ1v) is 8.92. The van der Waals surface area contributed by atoms with E-state index in [9.17, 15) is 14.6 Å². The molecule has 0 amide bonds. The molecule has 8 nitrogen and oxygen atoms in total. The smallest absolute Gasteiger partial charge is 0.386 e. The van der Waals surface area contributed by atoms with Crippen LogP contribution in [0.5, 0.6) is 0 Å². The molecular formula is C12H11Cl2N2O6P. The minimum absolute atomic E-state index is 0.148. The molecule has 0 aliphatic carbocycles. The summed E-state index contributed by atoms with van der Waals surface area (Å²) in [5.74, 6) is 0. The van der Waals surface area contributed by atoms with Gasteiger partial charge in [-0.15, -0.1) is 0 Å². The topological polar surface area (TPSA) is 103 Å². The van der Waals surface area contributed by atoms with Crippen LogP contribution in [0.25, 0.3) is 11.0 Å². The molecule has 1 aromatic heterocycles. The van der Waals surface area contributed by atoms with E-state index in [1.54, 1.807) is 16.7 Å². The molecule has 2 aliphatic rings.